The largest absolute Gasteiger partial charge is 0.368 e. The highest BCUT2D eigenvalue weighted by atomic mass is 35.5. The highest BCUT2D eigenvalue weighted by Gasteiger charge is 2.16. The van der Waals surface area contributed by atoms with E-state index in [4.69, 9.17) is 17.3 Å². The minimum atomic E-state index is 0.218. The second-order valence-corrected chi connectivity index (χ2v) is 5.64. The van der Waals surface area contributed by atoms with E-state index >= 15 is 0 Å². The molecule has 0 unspecified atom stereocenters. The molecule has 3 rings (SSSR count). The maximum Gasteiger partial charge on any atom is 0.223 e. The number of hydrogen-bond donors (Lipinski definition) is 1. The van der Waals surface area contributed by atoms with Gasteiger partial charge in [0.05, 0.1) is 0 Å². The van der Waals surface area contributed by atoms with E-state index in [2.05, 4.69) is 38.5 Å². The van der Waals surface area contributed by atoms with E-state index in [0.29, 0.717) is 5.15 Å². The average Bonchev–Trinajstić information content (AvgIpc) is 2.91. The number of hydrogen-bond acceptors (Lipinski definition) is 5. The molecule has 1 aliphatic heterocycles. The molecule has 0 aromatic carbocycles. The van der Waals surface area contributed by atoms with Gasteiger partial charge in [0.1, 0.15) is 11.0 Å². The Bertz CT molecular complexity index is 589. The van der Waals surface area contributed by atoms with Crippen molar-refractivity contribution in [1.29, 1.82) is 0 Å². The summed E-state index contributed by atoms with van der Waals surface area (Å²) in [6, 6.07) is 5.99. The zero-order valence-corrected chi connectivity index (χ0v) is 11.8. The van der Waals surface area contributed by atoms with Crippen LogP contribution in [-0.2, 0) is 0 Å². The van der Waals surface area contributed by atoms with Crippen molar-refractivity contribution >= 4 is 40.3 Å². The van der Waals surface area contributed by atoms with Crippen molar-refractivity contribution in [2.45, 2.75) is 6.42 Å². The standard InChI is InChI=1S/C13H13ClN4S/c14-11-8-12(17-13(15)16-11)18-5-3-9(4-6-18)10-2-1-7-19-10/h1-3,7-8H,4-6H2,(H2,15,16,17). The molecule has 0 saturated carbocycles. The van der Waals surface area contributed by atoms with E-state index in [1.165, 1.54) is 10.5 Å². The molecule has 6 heteroatoms. The van der Waals surface area contributed by atoms with Gasteiger partial charge < -0.3 is 10.6 Å². The summed E-state index contributed by atoms with van der Waals surface area (Å²) < 4.78 is 0. The Balaban J connectivity index is 1.79. The molecule has 0 bridgehead atoms. The fourth-order valence-electron chi connectivity index (χ4n) is 2.15. The lowest BCUT2D eigenvalue weighted by Gasteiger charge is -2.27. The van der Waals surface area contributed by atoms with E-state index in [1.807, 2.05) is 0 Å². The summed E-state index contributed by atoms with van der Waals surface area (Å²) in [5.41, 5.74) is 7.03. The monoisotopic (exact) mass is 292 g/mol. The Hall–Kier alpha value is -1.59. The van der Waals surface area contributed by atoms with Crippen LogP contribution in [0.3, 0.4) is 0 Å². The molecule has 19 heavy (non-hydrogen) atoms. The molecule has 0 aliphatic carbocycles. The van der Waals surface area contributed by atoms with Gasteiger partial charge in [0.25, 0.3) is 0 Å². The summed E-state index contributed by atoms with van der Waals surface area (Å²) in [7, 11) is 0. The molecule has 2 N–H and O–H groups in total. The van der Waals surface area contributed by atoms with Crippen LogP contribution >= 0.6 is 22.9 Å². The number of nitrogens with two attached hydrogens (primary N) is 1. The predicted octanol–water partition coefficient (Wildman–Crippen LogP) is 3.07. The first-order valence-electron chi connectivity index (χ1n) is 6.00. The van der Waals surface area contributed by atoms with E-state index in [9.17, 15) is 0 Å². The first kappa shape index (κ1) is 12.4. The molecule has 0 fully saturated rings. The summed E-state index contributed by atoms with van der Waals surface area (Å²) >= 11 is 7.69. The van der Waals surface area contributed by atoms with Gasteiger partial charge in [-0.1, -0.05) is 23.7 Å². The van der Waals surface area contributed by atoms with Crippen LogP contribution in [0.15, 0.2) is 29.7 Å². The van der Waals surface area contributed by atoms with Gasteiger partial charge in [-0.05, 0) is 23.4 Å². The Kier molecular flexibility index (Phi) is 3.40. The smallest absolute Gasteiger partial charge is 0.223 e. The Morgan fingerprint density at radius 2 is 2.26 bits per heavy atom. The van der Waals surface area contributed by atoms with Crippen LogP contribution in [0.25, 0.3) is 5.57 Å². The van der Waals surface area contributed by atoms with Crippen LogP contribution in [0.5, 0.6) is 0 Å². The predicted molar refractivity (Wildman–Crippen MR) is 80.6 cm³/mol. The van der Waals surface area contributed by atoms with Gasteiger partial charge in [-0.15, -0.1) is 11.3 Å². The second-order valence-electron chi connectivity index (χ2n) is 4.31. The molecule has 0 atom stereocenters. The third-order valence-corrected chi connectivity index (χ3v) is 4.21. The summed E-state index contributed by atoms with van der Waals surface area (Å²) in [6.45, 7) is 1.73. The van der Waals surface area contributed by atoms with E-state index in [0.717, 1.165) is 25.3 Å². The topological polar surface area (TPSA) is 55.0 Å². The molecule has 0 spiro atoms. The van der Waals surface area contributed by atoms with Crippen molar-refractivity contribution < 1.29 is 0 Å². The molecule has 98 valence electrons. The normalized spacial score (nSPS) is 15.4. The van der Waals surface area contributed by atoms with Gasteiger partial charge in [0.15, 0.2) is 0 Å². The third kappa shape index (κ3) is 2.72. The van der Waals surface area contributed by atoms with Gasteiger partial charge in [-0.3, -0.25) is 0 Å². The van der Waals surface area contributed by atoms with E-state index in [1.54, 1.807) is 17.4 Å². The summed E-state index contributed by atoms with van der Waals surface area (Å²) in [5, 5.41) is 2.49. The number of anilines is 2. The number of halogens is 1. The Morgan fingerprint density at radius 3 is 2.89 bits per heavy atom. The first-order chi connectivity index (χ1) is 9.22. The van der Waals surface area contributed by atoms with Crippen molar-refractivity contribution in [2.75, 3.05) is 23.7 Å². The van der Waals surface area contributed by atoms with E-state index < -0.39 is 0 Å². The zero-order chi connectivity index (χ0) is 13.2. The van der Waals surface area contributed by atoms with Crippen molar-refractivity contribution in [1.82, 2.24) is 9.97 Å². The molecular formula is C13H13ClN4S. The lowest BCUT2D eigenvalue weighted by atomic mass is 10.1. The maximum atomic E-state index is 5.91. The number of rotatable bonds is 2. The van der Waals surface area contributed by atoms with Gasteiger partial charge in [-0.25, -0.2) is 4.98 Å². The van der Waals surface area contributed by atoms with Crippen LogP contribution in [0.1, 0.15) is 11.3 Å². The van der Waals surface area contributed by atoms with Crippen molar-refractivity contribution in [3.05, 3.63) is 39.7 Å². The van der Waals surface area contributed by atoms with Gasteiger partial charge >= 0.3 is 0 Å². The molecule has 4 nitrogen and oxygen atoms in total. The quantitative estimate of drug-likeness (QED) is 0.864. The van der Waals surface area contributed by atoms with Crippen LogP contribution < -0.4 is 10.6 Å². The van der Waals surface area contributed by atoms with Crippen LogP contribution in [0.4, 0.5) is 11.8 Å². The highest BCUT2D eigenvalue weighted by Crippen LogP contribution is 2.28. The molecular weight excluding hydrogens is 280 g/mol. The van der Waals surface area contributed by atoms with E-state index in [-0.39, 0.29) is 5.95 Å². The highest BCUT2D eigenvalue weighted by molar-refractivity contribution is 7.11. The van der Waals surface area contributed by atoms with Crippen LogP contribution in [-0.4, -0.2) is 23.1 Å². The summed E-state index contributed by atoms with van der Waals surface area (Å²) in [4.78, 5) is 11.6. The summed E-state index contributed by atoms with van der Waals surface area (Å²) in [6.07, 6.45) is 3.24. The average molecular weight is 293 g/mol. The Morgan fingerprint density at radius 1 is 1.37 bits per heavy atom. The number of thiophene rings is 1. The Labute approximate surface area is 120 Å². The molecule has 2 aromatic heterocycles. The van der Waals surface area contributed by atoms with Gasteiger partial charge in [0, 0.05) is 24.0 Å². The second kappa shape index (κ2) is 5.19. The lowest BCUT2D eigenvalue weighted by molar-refractivity contribution is 0.816. The number of aromatic nitrogens is 2. The van der Waals surface area contributed by atoms with Gasteiger partial charge in [0.2, 0.25) is 5.95 Å². The minimum Gasteiger partial charge on any atom is -0.368 e. The first-order valence-corrected chi connectivity index (χ1v) is 7.26. The molecule has 3 heterocycles. The van der Waals surface area contributed by atoms with Crippen molar-refractivity contribution in [3.8, 4) is 0 Å². The fraction of sp³-hybridized carbons (Fsp3) is 0.231. The maximum absolute atomic E-state index is 5.91. The molecule has 0 amide bonds. The van der Waals surface area contributed by atoms with Crippen molar-refractivity contribution in [3.63, 3.8) is 0 Å². The van der Waals surface area contributed by atoms with Crippen molar-refractivity contribution in [2.24, 2.45) is 0 Å². The molecule has 1 aliphatic rings. The molecule has 2 aromatic rings. The number of nitrogen functional groups attached to an aromatic ring is 1. The minimum absolute atomic E-state index is 0.218. The lowest BCUT2D eigenvalue weighted by Crippen LogP contribution is -2.29. The van der Waals surface area contributed by atoms with Crippen LogP contribution in [0, 0.1) is 0 Å². The van der Waals surface area contributed by atoms with Gasteiger partial charge in [-0.2, -0.15) is 4.98 Å². The number of nitrogens with zero attached hydrogens (tertiary/aromatic N) is 3. The van der Waals surface area contributed by atoms with Crippen LogP contribution in [0.2, 0.25) is 5.15 Å². The SMILES string of the molecule is Nc1nc(Cl)cc(N2CC=C(c3cccs3)CC2)n1. The third-order valence-electron chi connectivity index (χ3n) is 3.07. The zero-order valence-electron chi connectivity index (χ0n) is 10.2. The molecule has 0 saturated heterocycles. The summed E-state index contributed by atoms with van der Waals surface area (Å²) in [5.74, 6) is 1.01. The fourth-order valence-corrected chi connectivity index (χ4v) is 3.13. The molecule has 0 radical (unpaired) electrons.